The van der Waals surface area contributed by atoms with Crippen LogP contribution in [0.4, 0.5) is 0 Å². The van der Waals surface area contributed by atoms with Gasteiger partial charge in [-0.05, 0) is 37.6 Å². The standard InChI is InChI=1S/C14H22N2O3S/c1-15-13-6-4-8-16(10-13)20(17,18)14-7-3-5-12(9-14)11-19-2/h3,5,7,9,13,15H,4,6,8,10-11H2,1-2H3. The average molecular weight is 298 g/mol. The predicted octanol–water partition coefficient (Wildman–Crippen LogP) is 1.21. The van der Waals surface area contributed by atoms with Crippen LogP contribution in [0.2, 0.25) is 0 Å². The smallest absolute Gasteiger partial charge is 0.243 e. The highest BCUT2D eigenvalue weighted by Gasteiger charge is 2.29. The summed E-state index contributed by atoms with van der Waals surface area (Å²) in [4.78, 5) is 0.351. The fraction of sp³-hybridized carbons (Fsp3) is 0.571. The van der Waals surface area contributed by atoms with Gasteiger partial charge in [0.05, 0.1) is 11.5 Å². The normalized spacial score (nSPS) is 21.0. The van der Waals surface area contributed by atoms with Crippen LogP contribution >= 0.6 is 0 Å². The molecule has 0 spiro atoms. The molecule has 5 nitrogen and oxygen atoms in total. The highest BCUT2D eigenvalue weighted by atomic mass is 32.2. The zero-order chi connectivity index (χ0) is 14.6. The number of methoxy groups -OCH3 is 1. The van der Waals surface area contributed by atoms with Gasteiger partial charge in [0.1, 0.15) is 0 Å². The second-order valence-electron chi connectivity index (χ2n) is 5.07. The van der Waals surface area contributed by atoms with Crippen LogP contribution in [0.3, 0.4) is 0 Å². The first-order valence-electron chi connectivity index (χ1n) is 6.83. The Kier molecular flexibility index (Phi) is 5.15. The first kappa shape index (κ1) is 15.4. The topological polar surface area (TPSA) is 58.6 Å². The third kappa shape index (κ3) is 3.38. The van der Waals surface area contributed by atoms with E-state index in [1.165, 1.54) is 0 Å². The summed E-state index contributed by atoms with van der Waals surface area (Å²) in [6.45, 7) is 1.55. The Morgan fingerprint density at radius 2 is 2.25 bits per heavy atom. The van der Waals surface area contributed by atoms with Crippen LogP contribution in [-0.2, 0) is 21.4 Å². The van der Waals surface area contributed by atoms with Gasteiger partial charge in [-0.1, -0.05) is 12.1 Å². The summed E-state index contributed by atoms with van der Waals surface area (Å²) >= 11 is 0. The number of rotatable bonds is 5. The number of piperidine rings is 1. The van der Waals surface area contributed by atoms with Crippen molar-refractivity contribution in [1.82, 2.24) is 9.62 Å². The van der Waals surface area contributed by atoms with Crippen LogP contribution in [0.5, 0.6) is 0 Å². The minimum atomic E-state index is -3.41. The minimum absolute atomic E-state index is 0.237. The van der Waals surface area contributed by atoms with E-state index in [-0.39, 0.29) is 6.04 Å². The fourth-order valence-electron chi connectivity index (χ4n) is 2.51. The van der Waals surface area contributed by atoms with Crippen LogP contribution in [-0.4, -0.2) is 46.0 Å². The second-order valence-corrected chi connectivity index (χ2v) is 7.01. The van der Waals surface area contributed by atoms with Crippen molar-refractivity contribution >= 4 is 10.0 Å². The Labute approximate surface area is 121 Å². The number of likely N-dealkylation sites (N-methyl/N-ethyl adjacent to an activating group) is 1. The lowest BCUT2D eigenvalue weighted by Crippen LogP contribution is -2.46. The molecular formula is C14H22N2O3S. The molecule has 1 atom stereocenters. The molecule has 1 heterocycles. The van der Waals surface area contributed by atoms with Crippen molar-refractivity contribution in [3.63, 3.8) is 0 Å². The van der Waals surface area contributed by atoms with Gasteiger partial charge in [-0.25, -0.2) is 8.42 Å². The molecule has 1 aromatic rings. The van der Waals surface area contributed by atoms with E-state index in [0.29, 0.717) is 24.6 Å². The SMILES string of the molecule is CNC1CCCN(S(=O)(=O)c2cccc(COC)c2)C1. The van der Waals surface area contributed by atoms with Crippen molar-refractivity contribution in [2.75, 3.05) is 27.2 Å². The van der Waals surface area contributed by atoms with E-state index < -0.39 is 10.0 Å². The molecule has 1 aliphatic heterocycles. The summed E-state index contributed by atoms with van der Waals surface area (Å²) in [5.74, 6) is 0. The van der Waals surface area contributed by atoms with E-state index >= 15 is 0 Å². The third-order valence-electron chi connectivity index (χ3n) is 3.64. The molecule has 0 saturated carbocycles. The number of hydrogen-bond acceptors (Lipinski definition) is 4. The highest BCUT2D eigenvalue weighted by Crippen LogP contribution is 2.21. The van der Waals surface area contributed by atoms with Crippen LogP contribution in [0.15, 0.2) is 29.2 Å². The summed E-state index contributed by atoms with van der Waals surface area (Å²) < 4.78 is 32.0. The lowest BCUT2D eigenvalue weighted by molar-refractivity contribution is 0.184. The first-order chi connectivity index (χ1) is 9.57. The predicted molar refractivity (Wildman–Crippen MR) is 78.0 cm³/mol. The van der Waals surface area contributed by atoms with Crippen molar-refractivity contribution in [3.8, 4) is 0 Å². The molecule has 1 aliphatic rings. The summed E-state index contributed by atoms with van der Waals surface area (Å²) in [6, 6.07) is 7.22. The van der Waals surface area contributed by atoms with Gasteiger partial charge in [0.15, 0.2) is 0 Å². The Morgan fingerprint density at radius 3 is 2.95 bits per heavy atom. The quantitative estimate of drug-likeness (QED) is 0.887. The molecule has 0 bridgehead atoms. The van der Waals surface area contributed by atoms with Crippen molar-refractivity contribution in [1.29, 1.82) is 0 Å². The second kappa shape index (κ2) is 6.67. The number of nitrogens with one attached hydrogen (secondary N) is 1. The Balaban J connectivity index is 2.23. The van der Waals surface area contributed by atoms with Crippen LogP contribution in [0, 0.1) is 0 Å². The number of benzene rings is 1. The molecule has 0 amide bonds. The van der Waals surface area contributed by atoms with Gasteiger partial charge in [-0.2, -0.15) is 4.31 Å². The molecule has 2 rings (SSSR count). The van der Waals surface area contributed by atoms with E-state index in [9.17, 15) is 8.42 Å². The average Bonchev–Trinajstić information content (AvgIpc) is 2.48. The van der Waals surface area contributed by atoms with Gasteiger partial charge in [-0.15, -0.1) is 0 Å². The number of hydrogen-bond donors (Lipinski definition) is 1. The lowest BCUT2D eigenvalue weighted by atomic mass is 10.1. The van der Waals surface area contributed by atoms with Crippen molar-refractivity contribution in [3.05, 3.63) is 29.8 Å². The minimum Gasteiger partial charge on any atom is -0.380 e. The monoisotopic (exact) mass is 298 g/mol. The van der Waals surface area contributed by atoms with Crippen LogP contribution in [0.25, 0.3) is 0 Å². The van der Waals surface area contributed by atoms with Crippen molar-refractivity contribution < 1.29 is 13.2 Å². The number of sulfonamides is 1. The molecule has 1 fully saturated rings. The Bertz CT molecular complexity index is 545. The lowest BCUT2D eigenvalue weighted by Gasteiger charge is -2.31. The third-order valence-corrected chi connectivity index (χ3v) is 5.50. The van der Waals surface area contributed by atoms with E-state index in [4.69, 9.17) is 4.74 Å². The molecular weight excluding hydrogens is 276 g/mol. The van der Waals surface area contributed by atoms with E-state index in [1.807, 2.05) is 13.1 Å². The van der Waals surface area contributed by atoms with Crippen molar-refractivity contribution in [2.24, 2.45) is 0 Å². The van der Waals surface area contributed by atoms with Gasteiger partial charge in [0.2, 0.25) is 10.0 Å². The molecule has 6 heteroatoms. The largest absolute Gasteiger partial charge is 0.380 e. The van der Waals surface area contributed by atoms with E-state index in [2.05, 4.69) is 5.32 Å². The maximum Gasteiger partial charge on any atom is 0.243 e. The summed E-state index contributed by atoms with van der Waals surface area (Å²) in [5.41, 5.74) is 0.871. The first-order valence-corrected chi connectivity index (χ1v) is 8.27. The zero-order valence-electron chi connectivity index (χ0n) is 12.0. The molecule has 112 valence electrons. The number of ether oxygens (including phenoxy) is 1. The molecule has 1 aromatic carbocycles. The molecule has 1 N–H and O–H groups in total. The van der Waals surface area contributed by atoms with Crippen LogP contribution in [0.1, 0.15) is 18.4 Å². The number of nitrogens with zero attached hydrogens (tertiary/aromatic N) is 1. The van der Waals surface area contributed by atoms with Crippen LogP contribution < -0.4 is 5.32 Å². The Hall–Kier alpha value is -0.950. The van der Waals surface area contributed by atoms with Gasteiger partial charge in [-0.3, -0.25) is 0 Å². The van der Waals surface area contributed by atoms with E-state index in [0.717, 1.165) is 18.4 Å². The van der Waals surface area contributed by atoms with Crippen molar-refractivity contribution in [2.45, 2.75) is 30.4 Å². The summed E-state index contributed by atoms with van der Waals surface area (Å²) in [7, 11) is 0.0674. The summed E-state index contributed by atoms with van der Waals surface area (Å²) in [6.07, 6.45) is 1.91. The molecule has 1 unspecified atom stereocenters. The molecule has 20 heavy (non-hydrogen) atoms. The molecule has 0 radical (unpaired) electrons. The molecule has 0 aliphatic carbocycles. The maximum atomic E-state index is 12.7. The Morgan fingerprint density at radius 1 is 1.45 bits per heavy atom. The van der Waals surface area contributed by atoms with Gasteiger partial charge < -0.3 is 10.1 Å². The molecule has 1 saturated heterocycles. The van der Waals surface area contributed by atoms with Gasteiger partial charge in [0, 0.05) is 26.2 Å². The fourth-order valence-corrected chi connectivity index (χ4v) is 4.10. The highest BCUT2D eigenvalue weighted by molar-refractivity contribution is 7.89. The summed E-state index contributed by atoms with van der Waals surface area (Å²) in [5, 5.41) is 3.16. The maximum absolute atomic E-state index is 12.7. The van der Waals surface area contributed by atoms with E-state index in [1.54, 1.807) is 29.6 Å². The van der Waals surface area contributed by atoms with Gasteiger partial charge in [0.25, 0.3) is 0 Å². The molecule has 0 aromatic heterocycles. The zero-order valence-corrected chi connectivity index (χ0v) is 12.8. The van der Waals surface area contributed by atoms with Gasteiger partial charge >= 0.3 is 0 Å².